The molecule has 0 aliphatic carbocycles. The lowest BCUT2D eigenvalue weighted by molar-refractivity contribution is 0.0525. The zero-order valence-corrected chi connectivity index (χ0v) is 15.9. The third-order valence-electron chi connectivity index (χ3n) is 4.10. The van der Waals surface area contributed by atoms with Gasteiger partial charge in [-0.05, 0) is 45.4 Å². The number of aromatic amines is 1. The van der Waals surface area contributed by atoms with Gasteiger partial charge >= 0.3 is 5.97 Å². The number of carbonyl (C=O) groups excluding carboxylic acids is 2. The largest absolute Gasteiger partial charge is 0.462 e. The molecule has 0 aliphatic rings. The minimum absolute atomic E-state index is 0.0983. The summed E-state index contributed by atoms with van der Waals surface area (Å²) in [6.07, 6.45) is 1.86. The number of pyridine rings is 1. The standard InChI is InChI=1S/C18H20N4O3S/c1-5-25-17(24)14-10(2)15(19-11(14)3)16(23)12(4)26-18-21-20-13-8-6-7-9-22(13)18/h6-9,12,19H,5H2,1-4H3. The summed E-state index contributed by atoms with van der Waals surface area (Å²) in [5.74, 6) is -0.514. The maximum Gasteiger partial charge on any atom is 0.340 e. The third kappa shape index (κ3) is 3.24. The lowest BCUT2D eigenvalue weighted by atomic mass is 10.1. The average molecular weight is 372 g/mol. The maximum absolute atomic E-state index is 12.9. The molecule has 0 aliphatic heterocycles. The monoisotopic (exact) mass is 372 g/mol. The Labute approximate surface area is 155 Å². The van der Waals surface area contributed by atoms with Gasteiger partial charge in [-0.1, -0.05) is 17.8 Å². The number of H-pyrrole nitrogens is 1. The first-order chi connectivity index (χ1) is 12.4. The first-order valence-electron chi connectivity index (χ1n) is 8.31. The molecule has 3 heterocycles. The second-order valence-electron chi connectivity index (χ2n) is 5.88. The number of ketones is 1. The van der Waals surface area contributed by atoms with E-state index in [-0.39, 0.29) is 5.78 Å². The minimum atomic E-state index is -0.415. The van der Waals surface area contributed by atoms with E-state index in [9.17, 15) is 9.59 Å². The zero-order chi connectivity index (χ0) is 18.8. The van der Waals surface area contributed by atoms with Gasteiger partial charge in [0.05, 0.1) is 23.1 Å². The first-order valence-corrected chi connectivity index (χ1v) is 9.18. The number of hydrogen-bond donors (Lipinski definition) is 1. The Morgan fingerprint density at radius 3 is 2.81 bits per heavy atom. The fourth-order valence-corrected chi connectivity index (χ4v) is 3.72. The van der Waals surface area contributed by atoms with Crippen LogP contribution in [-0.2, 0) is 4.74 Å². The number of thioether (sulfide) groups is 1. The van der Waals surface area contributed by atoms with E-state index in [0.717, 1.165) is 5.65 Å². The highest BCUT2D eigenvalue weighted by Gasteiger charge is 2.27. The fraction of sp³-hybridized carbons (Fsp3) is 0.333. The van der Waals surface area contributed by atoms with E-state index in [2.05, 4.69) is 15.2 Å². The molecular weight excluding hydrogens is 352 g/mol. The Morgan fingerprint density at radius 2 is 2.08 bits per heavy atom. The van der Waals surface area contributed by atoms with Crippen LogP contribution in [-0.4, -0.2) is 43.2 Å². The minimum Gasteiger partial charge on any atom is -0.462 e. The summed E-state index contributed by atoms with van der Waals surface area (Å²) in [5.41, 5.74) is 2.84. The van der Waals surface area contributed by atoms with E-state index in [1.807, 2.05) is 35.7 Å². The number of nitrogens with one attached hydrogen (secondary N) is 1. The van der Waals surface area contributed by atoms with Gasteiger partial charge in [0.15, 0.2) is 16.6 Å². The highest BCUT2D eigenvalue weighted by Crippen LogP contribution is 2.27. The van der Waals surface area contributed by atoms with Gasteiger partial charge in [-0.25, -0.2) is 4.79 Å². The van der Waals surface area contributed by atoms with Crippen molar-refractivity contribution in [3.63, 3.8) is 0 Å². The summed E-state index contributed by atoms with van der Waals surface area (Å²) < 4.78 is 6.92. The summed E-state index contributed by atoms with van der Waals surface area (Å²) in [5, 5.41) is 8.50. The van der Waals surface area contributed by atoms with Crippen molar-refractivity contribution >= 4 is 29.2 Å². The average Bonchev–Trinajstić information content (AvgIpc) is 3.15. The Hall–Kier alpha value is -2.61. The number of hydrogen-bond acceptors (Lipinski definition) is 6. The van der Waals surface area contributed by atoms with Gasteiger partial charge < -0.3 is 9.72 Å². The van der Waals surface area contributed by atoms with Crippen LogP contribution in [0.5, 0.6) is 0 Å². The smallest absolute Gasteiger partial charge is 0.340 e. The van der Waals surface area contributed by atoms with Crippen LogP contribution >= 0.6 is 11.8 Å². The summed E-state index contributed by atoms with van der Waals surface area (Å²) in [4.78, 5) is 28.1. The van der Waals surface area contributed by atoms with E-state index in [1.54, 1.807) is 20.8 Å². The summed E-state index contributed by atoms with van der Waals surface area (Å²) >= 11 is 1.33. The molecule has 1 unspecified atom stereocenters. The third-order valence-corrected chi connectivity index (χ3v) is 5.15. The SMILES string of the molecule is CCOC(=O)c1c(C)[nH]c(C(=O)C(C)Sc2nnc3ccccn23)c1C. The Kier molecular flexibility index (Phi) is 5.13. The molecule has 1 N–H and O–H groups in total. The second kappa shape index (κ2) is 7.33. The Balaban J connectivity index is 1.85. The van der Waals surface area contributed by atoms with Gasteiger partial charge in [0.2, 0.25) is 0 Å². The van der Waals surface area contributed by atoms with E-state index < -0.39 is 11.2 Å². The van der Waals surface area contributed by atoms with Crippen molar-refractivity contribution in [1.82, 2.24) is 19.6 Å². The molecule has 8 heteroatoms. The van der Waals surface area contributed by atoms with Gasteiger partial charge in [-0.2, -0.15) is 0 Å². The van der Waals surface area contributed by atoms with Crippen LogP contribution in [0.3, 0.4) is 0 Å². The molecule has 3 aromatic heterocycles. The molecule has 7 nitrogen and oxygen atoms in total. The van der Waals surface area contributed by atoms with Crippen molar-refractivity contribution in [3.05, 3.63) is 46.9 Å². The predicted octanol–water partition coefficient (Wildman–Crippen LogP) is 3.21. The molecule has 0 bridgehead atoms. The number of esters is 1. The van der Waals surface area contributed by atoms with Crippen LogP contribution in [0.1, 0.15) is 46.0 Å². The maximum atomic E-state index is 12.9. The van der Waals surface area contributed by atoms with E-state index >= 15 is 0 Å². The quantitative estimate of drug-likeness (QED) is 0.406. The molecule has 1 atom stereocenters. The highest BCUT2D eigenvalue weighted by atomic mass is 32.2. The number of rotatable bonds is 6. The van der Waals surface area contributed by atoms with E-state index in [0.29, 0.717) is 34.3 Å². The predicted molar refractivity (Wildman–Crippen MR) is 98.9 cm³/mol. The normalized spacial score (nSPS) is 12.3. The summed E-state index contributed by atoms with van der Waals surface area (Å²) in [7, 11) is 0. The lowest BCUT2D eigenvalue weighted by Crippen LogP contribution is -2.16. The zero-order valence-electron chi connectivity index (χ0n) is 15.1. The molecule has 26 heavy (non-hydrogen) atoms. The van der Waals surface area contributed by atoms with Crippen molar-refractivity contribution < 1.29 is 14.3 Å². The number of aromatic nitrogens is 4. The number of Topliss-reactive ketones (excluding diaryl/α,β-unsaturated/α-hetero) is 1. The molecule has 0 aromatic carbocycles. The Morgan fingerprint density at radius 1 is 1.31 bits per heavy atom. The highest BCUT2D eigenvalue weighted by molar-refractivity contribution is 8.00. The molecule has 0 radical (unpaired) electrons. The molecule has 0 spiro atoms. The lowest BCUT2D eigenvalue weighted by Gasteiger charge is -2.09. The van der Waals surface area contributed by atoms with Gasteiger partial charge in [0.1, 0.15) is 0 Å². The van der Waals surface area contributed by atoms with Gasteiger partial charge in [0, 0.05) is 11.9 Å². The topological polar surface area (TPSA) is 89.4 Å². The van der Waals surface area contributed by atoms with E-state index in [1.165, 1.54) is 11.8 Å². The number of fused-ring (bicyclic) bond motifs is 1. The van der Waals surface area contributed by atoms with Crippen LogP contribution in [0.4, 0.5) is 0 Å². The Bertz CT molecular complexity index is 976. The number of aryl methyl sites for hydroxylation is 1. The van der Waals surface area contributed by atoms with Crippen LogP contribution in [0.25, 0.3) is 5.65 Å². The molecule has 0 saturated heterocycles. The van der Waals surface area contributed by atoms with Crippen LogP contribution in [0.15, 0.2) is 29.6 Å². The second-order valence-corrected chi connectivity index (χ2v) is 7.19. The van der Waals surface area contributed by atoms with Crippen molar-refractivity contribution in [2.45, 2.75) is 38.1 Å². The molecule has 136 valence electrons. The molecule has 0 amide bonds. The summed E-state index contributed by atoms with van der Waals surface area (Å²) in [6.45, 7) is 7.38. The van der Waals surface area contributed by atoms with Crippen LogP contribution < -0.4 is 0 Å². The van der Waals surface area contributed by atoms with Crippen LogP contribution in [0.2, 0.25) is 0 Å². The van der Waals surface area contributed by atoms with Crippen LogP contribution in [0, 0.1) is 13.8 Å². The summed E-state index contributed by atoms with van der Waals surface area (Å²) in [6, 6.07) is 5.62. The van der Waals surface area contributed by atoms with Crippen molar-refractivity contribution in [1.29, 1.82) is 0 Å². The number of nitrogens with zero attached hydrogens (tertiary/aromatic N) is 3. The first kappa shape index (κ1) is 18.2. The molecule has 3 aromatic rings. The van der Waals surface area contributed by atoms with Gasteiger partial charge in [-0.3, -0.25) is 9.20 Å². The van der Waals surface area contributed by atoms with Gasteiger partial charge in [0.25, 0.3) is 0 Å². The van der Waals surface area contributed by atoms with Crippen molar-refractivity contribution in [2.24, 2.45) is 0 Å². The van der Waals surface area contributed by atoms with Crippen molar-refractivity contribution in [3.8, 4) is 0 Å². The van der Waals surface area contributed by atoms with Crippen molar-refractivity contribution in [2.75, 3.05) is 6.61 Å². The molecule has 3 rings (SSSR count). The molecular formula is C18H20N4O3S. The number of ether oxygens (including phenoxy) is 1. The molecule has 0 saturated carbocycles. The van der Waals surface area contributed by atoms with E-state index in [4.69, 9.17) is 4.74 Å². The molecule has 0 fully saturated rings. The van der Waals surface area contributed by atoms with Gasteiger partial charge in [-0.15, -0.1) is 10.2 Å². The fourth-order valence-electron chi connectivity index (χ4n) is 2.82. The number of carbonyl (C=O) groups is 2.